The Balaban J connectivity index is 0.00000289. The second-order valence-electron chi connectivity index (χ2n) is 7.09. The second kappa shape index (κ2) is 8.31. The number of hydrogen-bond donors (Lipinski definition) is 2. The van der Waals surface area contributed by atoms with E-state index in [1.54, 1.807) is 23.2 Å². The standard InChI is InChI=1S/C19H18ClF3N6O2.H2/c1-31-11-5-14(18(30)27-9-19(21,22)23)29(8-11)15-2-3-24-17(28-15)13-7-26-16-12(13)4-10(20)6-25-16;/h2-4,6-7,11,14H,5,8-9H2,1H3,(H,25,26)(H,27,30);1H/t11-,14-;/m1./s1. The van der Waals surface area contributed by atoms with Gasteiger partial charge in [0.1, 0.15) is 24.1 Å². The van der Waals surface area contributed by atoms with Crippen molar-refractivity contribution in [1.29, 1.82) is 0 Å². The molecule has 4 rings (SSSR count). The number of halogens is 4. The molecule has 0 unspecified atom stereocenters. The first-order chi connectivity index (χ1) is 14.7. The average Bonchev–Trinajstić information content (AvgIpc) is 3.35. The van der Waals surface area contributed by atoms with Gasteiger partial charge in [-0.05, 0) is 12.1 Å². The number of H-pyrrole nitrogens is 1. The van der Waals surface area contributed by atoms with Crippen LogP contribution in [0.5, 0.6) is 0 Å². The summed E-state index contributed by atoms with van der Waals surface area (Å²) in [6.07, 6.45) is 0.164. The highest BCUT2D eigenvalue weighted by atomic mass is 35.5. The molecule has 3 aromatic heterocycles. The zero-order chi connectivity index (χ0) is 22.2. The first kappa shape index (κ1) is 21.3. The second-order valence-corrected chi connectivity index (χ2v) is 7.52. The number of anilines is 1. The summed E-state index contributed by atoms with van der Waals surface area (Å²) in [7, 11) is 1.49. The fraction of sp³-hybridized carbons (Fsp3) is 0.368. The van der Waals surface area contributed by atoms with Gasteiger partial charge in [-0.2, -0.15) is 13.2 Å². The summed E-state index contributed by atoms with van der Waals surface area (Å²) < 4.78 is 43.0. The van der Waals surface area contributed by atoms with E-state index in [2.05, 4.69) is 19.9 Å². The molecule has 0 saturated carbocycles. The maximum absolute atomic E-state index is 12.5. The fourth-order valence-corrected chi connectivity index (χ4v) is 3.73. The van der Waals surface area contributed by atoms with Crippen LogP contribution in [0.1, 0.15) is 7.85 Å². The number of carbonyl (C=O) groups is 1. The summed E-state index contributed by atoms with van der Waals surface area (Å²) in [5.74, 6) is 0.0318. The highest BCUT2D eigenvalue weighted by molar-refractivity contribution is 6.31. The molecule has 1 amide bonds. The van der Waals surface area contributed by atoms with Crippen LogP contribution in [0.2, 0.25) is 5.02 Å². The van der Waals surface area contributed by atoms with Gasteiger partial charge in [-0.15, -0.1) is 0 Å². The van der Waals surface area contributed by atoms with Crippen LogP contribution in [0.4, 0.5) is 19.0 Å². The zero-order valence-corrected chi connectivity index (χ0v) is 17.0. The molecular formula is C19H20ClF3N6O2. The van der Waals surface area contributed by atoms with Crippen molar-refractivity contribution in [3.05, 3.63) is 35.7 Å². The Morgan fingerprint density at radius 2 is 2.26 bits per heavy atom. The van der Waals surface area contributed by atoms with E-state index in [4.69, 9.17) is 16.3 Å². The van der Waals surface area contributed by atoms with Crippen LogP contribution in [0.15, 0.2) is 30.7 Å². The van der Waals surface area contributed by atoms with E-state index in [-0.39, 0.29) is 14.0 Å². The lowest BCUT2D eigenvalue weighted by atomic mass is 10.2. The first-order valence-corrected chi connectivity index (χ1v) is 9.73. The van der Waals surface area contributed by atoms with Crippen LogP contribution in [0.25, 0.3) is 22.4 Å². The topological polar surface area (TPSA) is 96.0 Å². The van der Waals surface area contributed by atoms with Gasteiger partial charge in [0.2, 0.25) is 5.91 Å². The number of rotatable bonds is 5. The maximum Gasteiger partial charge on any atom is 0.405 e. The molecule has 3 aromatic rings. The molecule has 1 aliphatic rings. The van der Waals surface area contributed by atoms with Crippen molar-refractivity contribution in [2.45, 2.75) is 24.7 Å². The number of amides is 1. The van der Waals surface area contributed by atoms with Gasteiger partial charge in [0, 0.05) is 51.0 Å². The summed E-state index contributed by atoms with van der Waals surface area (Å²) in [4.78, 5) is 30.2. The quantitative estimate of drug-likeness (QED) is 0.612. The molecule has 4 heterocycles. The third-order valence-electron chi connectivity index (χ3n) is 5.04. The third-order valence-corrected chi connectivity index (χ3v) is 5.24. The van der Waals surface area contributed by atoms with E-state index < -0.39 is 24.7 Å². The van der Waals surface area contributed by atoms with Gasteiger partial charge < -0.3 is 19.9 Å². The van der Waals surface area contributed by atoms with Crippen molar-refractivity contribution in [3.8, 4) is 11.4 Å². The molecule has 2 N–H and O–H groups in total. The number of carbonyl (C=O) groups excluding carboxylic acids is 1. The van der Waals surface area contributed by atoms with E-state index >= 15 is 0 Å². The summed E-state index contributed by atoms with van der Waals surface area (Å²) in [5.41, 5.74) is 1.27. The Hall–Kier alpha value is -2.92. The molecule has 0 aromatic carbocycles. The molecule has 1 saturated heterocycles. The Labute approximate surface area is 181 Å². The molecule has 1 aliphatic heterocycles. The van der Waals surface area contributed by atoms with Crippen LogP contribution in [-0.2, 0) is 9.53 Å². The normalized spacial score (nSPS) is 19.2. The lowest BCUT2D eigenvalue weighted by Crippen LogP contribution is -2.46. The summed E-state index contributed by atoms with van der Waals surface area (Å²) in [5, 5.41) is 3.12. The molecular weight excluding hydrogens is 437 g/mol. The maximum atomic E-state index is 12.5. The molecule has 0 spiro atoms. The Kier molecular flexibility index (Phi) is 5.71. The number of nitrogens with one attached hydrogen (secondary N) is 2. The molecule has 12 heteroatoms. The average molecular weight is 457 g/mol. The van der Waals surface area contributed by atoms with Crippen molar-refractivity contribution in [2.75, 3.05) is 25.1 Å². The number of ether oxygens (including phenoxy) is 1. The largest absolute Gasteiger partial charge is 0.405 e. The third kappa shape index (κ3) is 4.57. The van der Waals surface area contributed by atoms with Crippen molar-refractivity contribution in [3.63, 3.8) is 0 Å². The van der Waals surface area contributed by atoms with Crippen LogP contribution < -0.4 is 10.2 Å². The van der Waals surface area contributed by atoms with Gasteiger partial charge in [-0.1, -0.05) is 11.6 Å². The number of fused-ring (bicyclic) bond motifs is 1. The fourth-order valence-electron chi connectivity index (χ4n) is 3.58. The van der Waals surface area contributed by atoms with Crippen molar-refractivity contribution in [2.24, 2.45) is 0 Å². The minimum absolute atomic E-state index is 0. The van der Waals surface area contributed by atoms with Gasteiger partial charge >= 0.3 is 6.18 Å². The zero-order valence-electron chi connectivity index (χ0n) is 16.3. The summed E-state index contributed by atoms with van der Waals surface area (Å²) in [6, 6.07) is 2.48. The Bertz CT molecular complexity index is 1110. The highest BCUT2D eigenvalue weighted by Gasteiger charge is 2.39. The number of pyridine rings is 1. The molecule has 0 aliphatic carbocycles. The first-order valence-electron chi connectivity index (χ1n) is 9.35. The van der Waals surface area contributed by atoms with Crippen LogP contribution in [0, 0.1) is 0 Å². The summed E-state index contributed by atoms with van der Waals surface area (Å²) in [6.45, 7) is -1.09. The summed E-state index contributed by atoms with van der Waals surface area (Å²) >= 11 is 6.05. The van der Waals surface area contributed by atoms with Crippen LogP contribution in [0.3, 0.4) is 0 Å². The van der Waals surface area contributed by atoms with Crippen LogP contribution >= 0.6 is 11.6 Å². The van der Waals surface area contributed by atoms with E-state index in [1.807, 2.05) is 5.32 Å². The van der Waals surface area contributed by atoms with Gasteiger partial charge in [-0.3, -0.25) is 4.79 Å². The molecule has 0 radical (unpaired) electrons. The molecule has 0 bridgehead atoms. The minimum Gasteiger partial charge on any atom is -0.380 e. The Morgan fingerprint density at radius 3 is 3.00 bits per heavy atom. The predicted octanol–water partition coefficient (Wildman–Crippen LogP) is 3.19. The molecule has 2 atom stereocenters. The van der Waals surface area contributed by atoms with E-state index in [0.29, 0.717) is 34.4 Å². The molecule has 31 heavy (non-hydrogen) atoms. The number of aromatic amines is 1. The van der Waals surface area contributed by atoms with Gasteiger partial charge in [0.25, 0.3) is 0 Å². The smallest absolute Gasteiger partial charge is 0.380 e. The number of methoxy groups -OCH3 is 1. The van der Waals surface area contributed by atoms with Gasteiger partial charge in [0.15, 0.2) is 5.82 Å². The molecule has 1 fully saturated rings. The molecule has 166 valence electrons. The number of hydrogen-bond acceptors (Lipinski definition) is 6. The van der Waals surface area contributed by atoms with Gasteiger partial charge in [-0.25, -0.2) is 15.0 Å². The van der Waals surface area contributed by atoms with Crippen molar-refractivity contribution >= 4 is 34.4 Å². The predicted molar refractivity (Wildman–Crippen MR) is 110 cm³/mol. The van der Waals surface area contributed by atoms with E-state index in [9.17, 15) is 18.0 Å². The van der Waals surface area contributed by atoms with Crippen molar-refractivity contribution < 1.29 is 24.1 Å². The van der Waals surface area contributed by atoms with Crippen LogP contribution in [-0.4, -0.2) is 64.4 Å². The van der Waals surface area contributed by atoms with E-state index in [1.165, 1.54) is 19.5 Å². The monoisotopic (exact) mass is 456 g/mol. The number of aromatic nitrogens is 4. The number of alkyl halides is 3. The number of nitrogens with zero attached hydrogens (tertiary/aromatic N) is 4. The van der Waals surface area contributed by atoms with Crippen molar-refractivity contribution in [1.82, 2.24) is 25.3 Å². The highest BCUT2D eigenvalue weighted by Crippen LogP contribution is 2.30. The lowest BCUT2D eigenvalue weighted by molar-refractivity contribution is -0.139. The minimum atomic E-state index is -4.49. The lowest BCUT2D eigenvalue weighted by Gasteiger charge is -2.25. The molecule has 8 nitrogen and oxygen atoms in total. The SMILES string of the molecule is CO[C@@H]1C[C@H](C(=O)NCC(F)(F)F)N(c2ccnc(-c3c[nH]c4ncc(Cl)cc34)n2)C1.[HH]. The van der Waals surface area contributed by atoms with Gasteiger partial charge in [0.05, 0.1) is 11.1 Å². The Morgan fingerprint density at radius 1 is 1.45 bits per heavy atom. The van der Waals surface area contributed by atoms with E-state index in [0.717, 1.165) is 5.39 Å².